The Morgan fingerprint density at radius 2 is 1.18 bits per heavy atom. The number of carbonyl (C=O) groups is 2. The van der Waals surface area contributed by atoms with Crippen LogP contribution in [0.4, 0.5) is 26.4 Å². The highest BCUT2D eigenvalue weighted by atomic mass is 35.5. The van der Waals surface area contributed by atoms with Crippen molar-refractivity contribution in [2.24, 2.45) is 0 Å². The molecule has 0 saturated carbocycles. The number of rotatable bonds is 5. The number of halogens is 1. The highest BCUT2D eigenvalue weighted by Crippen LogP contribution is 2.25. The molecule has 2 aromatic heterocycles. The van der Waals surface area contributed by atoms with Crippen LogP contribution in [-0.4, -0.2) is 214 Å². The molecule has 6 fully saturated rings. The Labute approximate surface area is 391 Å². The van der Waals surface area contributed by atoms with Crippen molar-refractivity contribution in [2.75, 3.05) is 123 Å². The van der Waals surface area contributed by atoms with Crippen LogP contribution in [0.1, 0.15) is 46.4 Å². The number of anilines is 3. The van der Waals surface area contributed by atoms with Gasteiger partial charge < -0.3 is 34.8 Å². The smallest absolute Gasteiger partial charge is 0.410 e. The molecule has 6 saturated heterocycles. The SMILES string of the molecule is CC(C)(C)OC(=O)N1CCN(C2CS(=O)(=O)C2)CC1.CC(C)(C)OC(=O)N1CCNCC1.N#Cc1cnc(Nc2cc(N3CCN(C4CS(=O)(=O)C4)CC3)ncn2)s1.O=S1(=O)CC(Cl)C1. The van der Waals surface area contributed by atoms with E-state index in [0.717, 1.165) is 71.3 Å². The Bertz CT molecular complexity index is 2280. The van der Waals surface area contributed by atoms with E-state index in [1.807, 2.05) is 47.6 Å². The van der Waals surface area contributed by atoms with Crippen LogP contribution in [0.5, 0.6) is 0 Å². The van der Waals surface area contributed by atoms with Gasteiger partial charge in [-0.3, -0.25) is 9.80 Å². The number of sulfone groups is 3. The zero-order valence-electron chi connectivity index (χ0n) is 37.8. The molecular weight excluding hydrogens is 946 g/mol. The molecular formula is C39H62ClN11O10S4. The lowest BCUT2D eigenvalue weighted by molar-refractivity contribution is 0.0114. The third-order valence-corrected chi connectivity index (χ3v) is 17.4. The average Bonchev–Trinajstić information content (AvgIpc) is 3.66. The Balaban J connectivity index is 0.000000178. The maximum absolute atomic E-state index is 11.9. The van der Waals surface area contributed by atoms with E-state index in [1.165, 1.54) is 23.9 Å². The van der Waals surface area contributed by atoms with Gasteiger partial charge in [-0.05, 0) is 41.5 Å². The van der Waals surface area contributed by atoms with Gasteiger partial charge >= 0.3 is 12.2 Å². The van der Waals surface area contributed by atoms with Gasteiger partial charge in [-0.2, -0.15) is 5.26 Å². The lowest BCUT2D eigenvalue weighted by Crippen LogP contribution is -2.59. The molecule has 65 heavy (non-hydrogen) atoms. The summed E-state index contributed by atoms with van der Waals surface area (Å²) in [5.41, 5.74) is -0.863. The molecule has 6 aliphatic heterocycles. The number of carbonyl (C=O) groups excluding carboxylic acids is 2. The molecule has 6 aliphatic rings. The maximum Gasteiger partial charge on any atom is 0.410 e. The third kappa shape index (κ3) is 17.2. The number of aromatic nitrogens is 3. The van der Waals surface area contributed by atoms with Crippen LogP contribution in [-0.2, 0) is 39.0 Å². The predicted molar refractivity (Wildman–Crippen MR) is 249 cm³/mol. The number of hydrogen-bond donors (Lipinski definition) is 2. The summed E-state index contributed by atoms with van der Waals surface area (Å²) >= 11 is 6.62. The van der Waals surface area contributed by atoms with E-state index in [2.05, 4.69) is 46.4 Å². The summed E-state index contributed by atoms with van der Waals surface area (Å²) in [5, 5.41) is 15.6. The molecule has 8 heterocycles. The highest BCUT2D eigenvalue weighted by Gasteiger charge is 2.40. The summed E-state index contributed by atoms with van der Waals surface area (Å²) in [4.78, 5) is 46.6. The van der Waals surface area contributed by atoms with Crippen LogP contribution in [0.25, 0.3) is 0 Å². The molecule has 0 spiro atoms. The van der Waals surface area contributed by atoms with Crippen molar-refractivity contribution in [2.45, 2.75) is 70.2 Å². The Hall–Kier alpha value is -3.64. The number of nitrogens with one attached hydrogen (secondary N) is 2. The highest BCUT2D eigenvalue weighted by molar-refractivity contribution is 7.93. The van der Waals surface area contributed by atoms with Crippen molar-refractivity contribution in [1.82, 2.24) is 39.9 Å². The van der Waals surface area contributed by atoms with Crippen molar-refractivity contribution in [1.29, 1.82) is 5.26 Å². The number of nitrogens with zero attached hydrogens (tertiary/aromatic N) is 9. The lowest BCUT2D eigenvalue weighted by atomic mass is 10.2. The zero-order valence-corrected chi connectivity index (χ0v) is 41.8. The van der Waals surface area contributed by atoms with Crippen LogP contribution >= 0.6 is 22.9 Å². The first-order valence-corrected chi connectivity index (χ1v) is 28.1. The van der Waals surface area contributed by atoms with E-state index >= 15 is 0 Å². The minimum absolute atomic E-state index is 0.106. The second kappa shape index (κ2) is 22.0. The Morgan fingerprint density at radius 3 is 1.58 bits per heavy atom. The molecule has 364 valence electrons. The van der Waals surface area contributed by atoms with Gasteiger partial charge in [0.15, 0.2) is 34.6 Å². The molecule has 8 rings (SSSR count). The first kappa shape index (κ1) is 52.3. The Morgan fingerprint density at radius 1 is 0.723 bits per heavy atom. The average molecular weight is 1010 g/mol. The lowest BCUT2D eigenvalue weighted by Gasteiger charge is -2.42. The molecule has 21 nitrogen and oxygen atoms in total. The van der Waals surface area contributed by atoms with Crippen molar-refractivity contribution >= 4 is 81.4 Å². The number of amides is 2. The number of alkyl halides is 1. The number of nitriles is 1. The third-order valence-electron chi connectivity index (χ3n) is 10.6. The molecule has 0 unspecified atom stereocenters. The molecule has 26 heteroatoms. The van der Waals surface area contributed by atoms with Crippen molar-refractivity contribution < 1.29 is 44.3 Å². The van der Waals surface area contributed by atoms with Gasteiger partial charge in [-0.25, -0.2) is 49.8 Å². The normalized spacial score (nSPS) is 22.3. The fourth-order valence-corrected chi connectivity index (χ4v) is 12.9. The topological polar surface area (TPSA) is 258 Å². The van der Waals surface area contributed by atoms with Gasteiger partial charge in [0.25, 0.3) is 0 Å². The molecule has 2 aromatic rings. The van der Waals surface area contributed by atoms with E-state index < -0.39 is 35.1 Å². The first-order chi connectivity index (χ1) is 30.3. The van der Waals surface area contributed by atoms with Crippen LogP contribution in [0.3, 0.4) is 0 Å². The van der Waals surface area contributed by atoms with E-state index in [-0.39, 0.29) is 69.8 Å². The van der Waals surface area contributed by atoms with Crippen LogP contribution < -0.4 is 15.5 Å². The molecule has 0 atom stereocenters. The maximum atomic E-state index is 11.9. The summed E-state index contributed by atoms with van der Waals surface area (Å²) in [6, 6.07) is 4.23. The van der Waals surface area contributed by atoms with Crippen molar-refractivity contribution in [3.63, 3.8) is 0 Å². The fraction of sp³-hybridized carbons (Fsp3) is 0.744. The molecule has 0 aromatic carbocycles. The summed E-state index contributed by atoms with van der Waals surface area (Å²) in [6.07, 6.45) is 2.54. The molecule has 0 bridgehead atoms. The molecule has 0 aliphatic carbocycles. The largest absolute Gasteiger partial charge is 0.444 e. The van der Waals surface area contributed by atoms with Gasteiger partial charge in [0, 0.05) is 96.7 Å². The number of piperazine rings is 3. The first-order valence-electron chi connectivity index (χ1n) is 21.4. The van der Waals surface area contributed by atoms with Crippen molar-refractivity contribution in [3.05, 3.63) is 23.5 Å². The zero-order chi connectivity index (χ0) is 47.8. The van der Waals surface area contributed by atoms with Gasteiger partial charge in [-0.1, -0.05) is 11.3 Å². The quantitative estimate of drug-likeness (QED) is 0.404. The standard InChI is InChI=1S/C15H17N7O2S2.C12H22N2O4S.C9H18N2O2.C3H5ClO2S/c16-6-12-7-17-15(25-12)20-13-5-14(19-10-18-13)22-3-1-21(2-4-22)11-8-26(23,24)9-11;1-12(2,3)18-11(15)14-6-4-13(5-7-14)10-8-19(16,17)9-10;1-9(2,3)13-8(12)11-6-4-10-5-7-11;4-3-1-7(5,6)2-3/h5,7,10-11H,1-4,8-9H2,(H,17,18,19,20);10H,4-9H2,1-3H3;10H,4-7H2,1-3H3;3H,1-2H2. The van der Waals surface area contributed by atoms with Gasteiger partial charge in [-0.15, -0.1) is 11.6 Å². The summed E-state index contributed by atoms with van der Waals surface area (Å²) < 4.78 is 76.0. The summed E-state index contributed by atoms with van der Waals surface area (Å²) in [6.45, 7) is 20.3. The minimum Gasteiger partial charge on any atom is -0.444 e. The van der Waals surface area contributed by atoms with E-state index in [4.69, 9.17) is 26.3 Å². The van der Waals surface area contributed by atoms with Gasteiger partial charge in [0.05, 0.1) is 46.1 Å². The number of ether oxygens (including phenoxy) is 2. The van der Waals surface area contributed by atoms with E-state index in [1.54, 1.807) is 9.80 Å². The van der Waals surface area contributed by atoms with E-state index in [9.17, 15) is 34.8 Å². The van der Waals surface area contributed by atoms with Gasteiger partial charge in [0.1, 0.15) is 40.1 Å². The number of hydrogen-bond acceptors (Lipinski definition) is 20. The Kier molecular flexibility index (Phi) is 17.7. The van der Waals surface area contributed by atoms with E-state index in [0.29, 0.717) is 28.9 Å². The van der Waals surface area contributed by atoms with Crippen LogP contribution in [0.15, 0.2) is 18.6 Å². The molecule has 0 radical (unpaired) electrons. The fourth-order valence-electron chi connectivity index (χ4n) is 7.17. The van der Waals surface area contributed by atoms with Crippen LogP contribution in [0.2, 0.25) is 0 Å². The summed E-state index contributed by atoms with van der Waals surface area (Å²) in [7, 11) is -8.23. The minimum atomic E-state index is -2.79. The van der Waals surface area contributed by atoms with Crippen LogP contribution in [0, 0.1) is 11.3 Å². The van der Waals surface area contributed by atoms with Crippen molar-refractivity contribution in [3.8, 4) is 6.07 Å². The molecule has 2 N–H and O–H groups in total. The second-order valence-electron chi connectivity index (χ2n) is 18.4. The predicted octanol–water partition coefficient (Wildman–Crippen LogP) is 1.65. The molecule has 2 amide bonds. The number of thiazole rings is 1. The van der Waals surface area contributed by atoms with Gasteiger partial charge in [0.2, 0.25) is 0 Å². The monoisotopic (exact) mass is 1010 g/mol. The summed E-state index contributed by atoms with van der Waals surface area (Å²) in [5.74, 6) is 2.89. The second-order valence-corrected chi connectivity index (χ2v) is 26.5.